The maximum atomic E-state index is 12.7. The number of furan rings is 1. The first kappa shape index (κ1) is 17.2. The minimum atomic E-state index is -0.369. The lowest BCUT2D eigenvalue weighted by Gasteiger charge is -2.25. The van der Waals surface area contributed by atoms with E-state index in [0.717, 1.165) is 10.6 Å². The van der Waals surface area contributed by atoms with E-state index in [4.69, 9.17) is 4.42 Å². The normalized spacial score (nSPS) is 13.3. The van der Waals surface area contributed by atoms with Gasteiger partial charge in [-0.1, -0.05) is 11.3 Å². The van der Waals surface area contributed by atoms with Crippen molar-refractivity contribution in [1.82, 2.24) is 14.5 Å². The number of thiazole rings is 1. The first-order valence-corrected chi connectivity index (χ1v) is 9.13. The van der Waals surface area contributed by atoms with Crippen LogP contribution in [0.3, 0.4) is 0 Å². The van der Waals surface area contributed by atoms with Crippen molar-refractivity contribution in [3.05, 3.63) is 69.0 Å². The average Bonchev–Trinajstić information content (AvgIpc) is 3.32. The Labute approximate surface area is 158 Å². The predicted molar refractivity (Wildman–Crippen MR) is 98.9 cm³/mol. The standard InChI is InChI=1S/C18H16N4O4S/c1-21-7-2-4-11(16(21)24)17(25)22-8-6-12-14(10-22)27-18(19-12)20-15(23)13-5-3-9-26-13/h2-5,7,9H,6,8,10H2,1H3,(H,19,20,23). The van der Waals surface area contributed by atoms with Crippen molar-refractivity contribution in [3.63, 3.8) is 0 Å². The Bertz CT molecular complexity index is 1070. The molecule has 4 heterocycles. The van der Waals surface area contributed by atoms with Crippen molar-refractivity contribution in [2.24, 2.45) is 7.05 Å². The molecular formula is C18H16N4O4S. The van der Waals surface area contributed by atoms with Gasteiger partial charge >= 0.3 is 0 Å². The van der Waals surface area contributed by atoms with Gasteiger partial charge in [0.1, 0.15) is 5.56 Å². The van der Waals surface area contributed by atoms with Crippen LogP contribution in [0.4, 0.5) is 5.13 Å². The highest BCUT2D eigenvalue weighted by molar-refractivity contribution is 7.15. The number of fused-ring (bicyclic) bond motifs is 1. The maximum absolute atomic E-state index is 12.7. The minimum Gasteiger partial charge on any atom is -0.459 e. The van der Waals surface area contributed by atoms with E-state index in [1.807, 2.05) is 0 Å². The maximum Gasteiger partial charge on any atom is 0.293 e. The predicted octanol–water partition coefficient (Wildman–Crippen LogP) is 1.89. The lowest BCUT2D eigenvalue weighted by molar-refractivity contribution is 0.0733. The quantitative estimate of drug-likeness (QED) is 0.744. The fourth-order valence-corrected chi connectivity index (χ4v) is 3.94. The Kier molecular flexibility index (Phi) is 4.36. The Morgan fingerprint density at radius 2 is 2.15 bits per heavy atom. The molecule has 0 unspecified atom stereocenters. The highest BCUT2D eigenvalue weighted by Gasteiger charge is 2.27. The van der Waals surface area contributed by atoms with Crippen LogP contribution in [0.2, 0.25) is 0 Å². The number of carbonyl (C=O) groups is 2. The molecule has 0 aromatic carbocycles. The number of hydrogen-bond acceptors (Lipinski definition) is 6. The fourth-order valence-electron chi connectivity index (χ4n) is 2.92. The van der Waals surface area contributed by atoms with Crippen molar-refractivity contribution in [1.29, 1.82) is 0 Å². The summed E-state index contributed by atoms with van der Waals surface area (Å²) >= 11 is 1.32. The molecule has 8 nitrogen and oxygen atoms in total. The minimum absolute atomic E-state index is 0.152. The lowest BCUT2D eigenvalue weighted by atomic mass is 10.1. The number of pyridine rings is 1. The number of nitrogens with zero attached hydrogens (tertiary/aromatic N) is 3. The van der Waals surface area contributed by atoms with Gasteiger partial charge in [-0.05, 0) is 24.3 Å². The monoisotopic (exact) mass is 384 g/mol. The van der Waals surface area contributed by atoms with E-state index in [9.17, 15) is 14.4 Å². The van der Waals surface area contributed by atoms with Crippen LogP contribution in [0.5, 0.6) is 0 Å². The SMILES string of the molecule is Cn1cccc(C(=O)N2CCc3nc(NC(=O)c4ccco4)sc3C2)c1=O. The van der Waals surface area contributed by atoms with Crippen LogP contribution in [0, 0.1) is 0 Å². The number of rotatable bonds is 3. The van der Waals surface area contributed by atoms with Gasteiger partial charge in [-0.25, -0.2) is 4.98 Å². The molecule has 0 spiro atoms. The first-order valence-electron chi connectivity index (χ1n) is 8.31. The number of nitrogens with one attached hydrogen (secondary N) is 1. The van der Waals surface area contributed by atoms with Crippen LogP contribution in [0.15, 0.2) is 45.9 Å². The number of aryl methyl sites for hydroxylation is 1. The highest BCUT2D eigenvalue weighted by Crippen LogP contribution is 2.29. The van der Waals surface area contributed by atoms with Crippen LogP contribution in [-0.2, 0) is 20.0 Å². The third kappa shape index (κ3) is 3.28. The highest BCUT2D eigenvalue weighted by atomic mass is 32.1. The van der Waals surface area contributed by atoms with Crippen molar-refractivity contribution in [2.75, 3.05) is 11.9 Å². The fraction of sp³-hybridized carbons (Fsp3) is 0.222. The van der Waals surface area contributed by atoms with Crippen molar-refractivity contribution < 1.29 is 14.0 Å². The summed E-state index contributed by atoms with van der Waals surface area (Å²) in [6.07, 6.45) is 3.62. The van der Waals surface area contributed by atoms with Gasteiger partial charge in [0.05, 0.1) is 18.5 Å². The van der Waals surface area contributed by atoms with E-state index in [2.05, 4.69) is 10.3 Å². The number of carbonyl (C=O) groups excluding carboxylic acids is 2. The molecule has 1 N–H and O–H groups in total. The molecule has 138 valence electrons. The molecular weight excluding hydrogens is 368 g/mol. The van der Waals surface area contributed by atoms with Crippen molar-refractivity contribution >= 4 is 28.3 Å². The molecule has 0 bridgehead atoms. The largest absolute Gasteiger partial charge is 0.459 e. The van der Waals surface area contributed by atoms with Gasteiger partial charge < -0.3 is 13.9 Å². The van der Waals surface area contributed by atoms with Crippen LogP contribution < -0.4 is 10.9 Å². The zero-order valence-corrected chi connectivity index (χ0v) is 15.3. The van der Waals surface area contributed by atoms with Crippen molar-refractivity contribution in [3.8, 4) is 0 Å². The number of aromatic nitrogens is 2. The number of anilines is 1. The molecule has 27 heavy (non-hydrogen) atoms. The van der Waals surface area contributed by atoms with Gasteiger partial charge in [0.25, 0.3) is 17.4 Å². The molecule has 2 amide bonds. The summed E-state index contributed by atoms with van der Waals surface area (Å²) in [4.78, 5) is 44.0. The van der Waals surface area contributed by atoms with Gasteiger partial charge in [-0.2, -0.15) is 0 Å². The molecule has 0 saturated heterocycles. The molecule has 0 fully saturated rings. The zero-order chi connectivity index (χ0) is 19.0. The molecule has 4 rings (SSSR count). The Hall–Kier alpha value is -3.20. The Balaban J connectivity index is 1.51. The smallest absolute Gasteiger partial charge is 0.293 e. The van der Waals surface area contributed by atoms with Crippen LogP contribution >= 0.6 is 11.3 Å². The second kappa shape index (κ2) is 6.84. The van der Waals surface area contributed by atoms with E-state index in [-0.39, 0.29) is 28.7 Å². The van der Waals surface area contributed by atoms with E-state index in [1.54, 1.807) is 42.4 Å². The molecule has 0 radical (unpaired) electrons. The van der Waals surface area contributed by atoms with Gasteiger partial charge in [-0.15, -0.1) is 0 Å². The van der Waals surface area contributed by atoms with Crippen LogP contribution in [0.25, 0.3) is 0 Å². The summed E-state index contributed by atoms with van der Waals surface area (Å²) in [6.45, 7) is 0.833. The number of hydrogen-bond donors (Lipinski definition) is 1. The Morgan fingerprint density at radius 1 is 1.30 bits per heavy atom. The first-order chi connectivity index (χ1) is 13.0. The van der Waals surface area contributed by atoms with Gasteiger partial charge in [-0.3, -0.25) is 19.7 Å². The summed E-state index contributed by atoms with van der Waals surface area (Å²) in [5, 5.41) is 3.18. The summed E-state index contributed by atoms with van der Waals surface area (Å²) < 4.78 is 6.45. The molecule has 9 heteroatoms. The molecule has 0 saturated carbocycles. The van der Waals surface area contributed by atoms with Gasteiger partial charge in [0, 0.05) is 31.1 Å². The average molecular weight is 384 g/mol. The third-order valence-electron chi connectivity index (χ3n) is 4.34. The molecule has 0 aliphatic carbocycles. The van der Waals surface area contributed by atoms with Gasteiger partial charge in [0.2, 0.25) is 0 Å². The molecule has 1 aliphatic rings. The summed E-state index contributed by atoms with van der Waals surface area (Å²) in [6, 6.07) is 6.43. The van der Waals surface area contributed by atoms with E-state index in [0.29, 0.717) is 24.6 Å². The van der Waals surface area contributed by atoms with Crippen molar-refractivity contribution in [2.45, 2.75) is 13.0 Å². The molecule has 3 aromatic heterocycles. The topological polar surface area (TPSA) is 97.4 Å². The van der Waals surface area contributed by atoms with E-state index >= 15 is 0 Å². The second-order valence-electron chi connectivity index (χ2n) is 6.13. The second-order valence-corrected chi connectivity index (χ2v) is 7.22. The summed E-state index contributed by atoms with van der Waals surface area (Å²) in [7, 11) is 1.62. The molecule has 1 aliphatic heterocycles. The van der Waals surface area contributed by atoms with E-state index in [1.165, 1.54) is 22.2 Å². The summed E-state index contributed by atoms with van der Waals surface area (Å²) in [5.41, 5.74) is 0.697. The molecule has 0 atom stereocenters. The van der Waals surface area contributed by atoms with Crippen LogP contribution in [-0.4, -0.2) is 32.8 Å². The number of amides is 2. The lowest BCUT2D eigenvalue weighted by Crippen LogP contribution is -2.39. The summed E-state index contributed by atoms with van der Waals surface area (Å²) in [5.74, 6) is -0.455. The van der Waals surface area contributed by atoms with Gasteiger partial charge in [0.15, 0.2) is 10.9 Å². The van der Waals surface area contributed by atoms with E-state index < -0.39 is 0 Å². The molecule has 3 aromatic rings. The third-order valence-corrected chi connectivity index (χ3v) is 5.34. The van der Waals surface area contributed by atoms with Crippen LogP contribution in [0.1, 0.15) is 31.5 Å². The zero-order valence-electron chi connectivity index (χ0n) is 14.5. The Morgan fingerprint density at radius 3 is 2.93 bits per heavy atom.